The van der Waals surface area contributed by atoms with Crippen molar-refractivity contribution in [3.8, 4) is 0 Å². The molecule has 0 fully saturated rings. The molecule has 0 heterocycles. The van der Waals surface area contributed by atoms with Crippen LogP contribution in [-0.4, -0.2) is 31.8 Å². The molecule has 0 bridgehead atoms. The van der Waals surface area contributed by atoms with Crippen LogP contribution in [0, 0.1) is 17.3 Å². The SMILES string of the molecule is C[C@H](O[Si](C)(C)C(C)(C)C)[C@H](CC(=O)C(C)(C)C)[C@H](C)C(=O)OC(C)(C)C. The summed E-state index contributed by atoms with van der Waals surface area (Å²) in [6, 6.07) is 0. The number of Topliss-reactive ketones (excluding diaryl/α,β-unsaturated/α-hetero) is 1. The van der Waals surface area contributed by atoms with Gasteiger partial charge < -0.3 is 9.16 Å². The summed E-state index contributed by atoms with van der Waals surface area (Å²) in [6.45, 7) is 26.2. The van der Waals surface area contributed by atoms with E-state index in [0.717, 1.165) is 0 Å². The van der Waals surface area contributed by atoms with Crippen molar-refractivity contribution in [3.05, 3.63) is 0 Å². The Morgan fingerprint density at radius 3 is 1.67 bits per heavy atom. The van der Waals surface area contributed by atoms with Gasteiger partial charge in [-0.1, -0.05) is 48.5 Å². The molecule has 3 atom stereocenters. The molecule has 0 unspecified atom stereocenters. The molecule has 160 valence electrons. The Kier molecular flexibility index (Phi) is 8.55. The Morgan fingerprint density at radius 2 is 1.33 bits per heavy atom. The van der Waals surface area contributed by atoms with E-state index in [4.69, 9.17) is 9.16 Å². The predicted molar refractivity (Wildman–Crippen MR) is 115 cm³/mol. The first-order chi connectivity index (χ1) is 11.7. The third-order valence-corrected chi connectivity index (χ3v) is 10.1. The van der Waals surface area contributed by atoms with Gasteiger partial charge in [0, 0.05) is 23.9 Å². The van der Waals surface area contributed by atoms with Crippen molar-refractivity contribution in [2.45, 2.75) is 112 Å². The number of carbonyl (C=O) groups excluding carboxylic acids is 2. The topological polar surface area (TPSA) is 52.6 Å². The molecule has 0 rings (SSSR count). The number of rotatable bonds is 7. The first-order valence-corrected chi connectivity index (χ1v) is 13.0. The summed E-state index contributed by atoms with van der Waals surface area (Å²) in [6.07, 6.45) is 0.124. The van der Waals surface area contributed by atoms with Gasteiger partial charge in [-0.25, -0.2) is 0 Å². The van der Waals surface area contributed by atoms with E-state index in [9.17, 15) is 9.59 Å². The van der Waals surface area contributed by atoms with Crippen molar-refractivity contribution >= 4 is 20.1 Å². The van der Waals surface area contributed by atoms with Gasteiger partial charge in [0.05, 0.1) is 5.92 Å². The molecule has 0 spiro atoms. The molecule has 5 heteroatoms. The van der Waals surface area contributed by atoms with E-state index in [1.807, 2.05) is 55.4 Å². The molecule has 0 radical (unpaired) electrons. The number of hydrogen-bond acceptors (Lipinski definition) is 4. The second-order valence-corrected chi connectivity index (χ2v) is 16.2. The first kappa shape index (κ1) is 26.3. The average molecular weight is 401 g/mol. The maximum absolute atomic E-state index is 12.8. The van der Waals surface area contributed by atoms with Gasteiger partial charge in [0.25, 0.3) is 0 Å². The second-order valence-electron chi connectivity index (χ2n) is 11.4. The third-order valence-electron chi connectivity index (χ3n) is 5.57. The normalized spacial score (nSPS) is 17.2. The van der Waals surface area contributed by atoms with Crippen molar-refractivity contribution < 1.29 is 18.8 Å². The predicted octanol–water partition coefficient (Wildman–Crippen LogP) is 6.00. The molecule has 0 aromatic heterocycles. The van der Waals surface area contributed by atoms with Crippen LogP contribution in [0.1, 0.15) is 82.6 Å². The van der Waals surface area contributed by atoms with Crippen LogP contribution in [-0.2, 0) is 18.8 Å². The van der Waals surface area contributed by atoms with Crippen LogP contribution < -0.4 is 0 Å². The monoisotopic (exact) mass is 400 g/mol. The summed E-state index contributed by atoms with van der Waals surface area (Å²) >= 11 is 0. The van der Waals surface area contributed by atoms with Gasteiger partial charge in [-0.15, -0.1) is 0 Å². The zero-order chi connectivity index (χ0) is 22.0. The molecule has 0 amide bonds. The van der Waals surface area contributed by atoms with E-state index in [1.165, 1.54) is 0 Å². The maximum Gasteiger partial charge on any atom is 0.309 e. The van der Waals surface area contributed by atoms with Gasteiger partial charge >= 0.3 is 5.97 Å². The lowest BCUT2D eigenvalue weighted by Crippen LogP contribution is -2.47. The Bertz CT molecular complexity index is 518. The summed E-state index contributed by atoms with van der Waals surface area (Å²) in [5.41, 5.74) is -0.990. The molecule has 0 aliphatic carbocycles. The number of hydrogen-bond donors (Lipinski definition) is 0. The molecule has 0 saturated carbocycles. The number of carbonyl (C=O) groups is 2. The largest absolute Gasteiger partial charge is 0.460 e. The van der Waals surface area contributed by atoms with Crippen LogP contribution in [0.25, 0.3) is 0 Å². The molecular weight excluding hydrogens is 356 g/mol. The van der Waals surface area contributed by atoms with E-state index in [0.29, 0.717) is 6.42 Å². The van der Waals surface area contributed by atoms with Crippen LogP contribution in [0.5, 0.6) is 0 Å². The lowest BCUT2D eigenvalue weighted by atomic mass is 9.79. The lowest BCUT2D eigenvalue weighted by Gasteiger charge is -2.41. The van der Waals surface area contributed by atoms with E-state index in [-0.39, 0.29) is 28.8 Å². The van der Waals surface area contributed by atoms with Crippen molar-refractivity contribution in [2.75, 3.05) is 0 Å². The van der Waals surface area contributed by atoms with Crippen molar-refractivity contribution in [1.82, 2.24) is 0 Å². The standard InChI is InChI=1S/C22H44O4Si/c1-15(19(24)25-21(6,7)8)17(14-18(23)20(3,4)5)16(2)26-27(12,13)22(9,10)11/h15-17H,14H2,1-13H3/t15-,16-,17+/m0/s1. The second kappa shape index (κ2) is 8.77. The average Bonchev–Trinajstić information content (AvgIpc) is 2.38. The summed E-state index contributed by atoms with van der Waals surface area (Å²) in [5.74, 6) is -0.732. The molecular formula is C22H44O4Si. The minimum absolute atomic E-state index is 0.0645. The van der Waals surface area contributed by atoms with Gasteiger partial charge in [0.15, 0.2) is 8.32 Å². The molecule has 0 aromatic carbocycles. The Hall–Kier alpha value is -0.683. The van der Waals surface area contributed by atoms with Crippen LogP contribution in [0.4, 0.5) is 0 Å². The fourth-order valence-electron chi connectivity index (χ4n) is 2.57. The molecule has 0 saturated heterocycles. The summed E-state index contributed by atoms with van der Waals surface area (Å²) in [4.78, 5) is 25.5. The first-order valence-electron chi connectivity index (χ1n) is 10.1. The highest BCUT2D eigenvalue weighted by Crippen LogP contribution is 2.39. The van der Waals surface area contributed by atoms with E-state index in [1.54, 1.807) is 0 Å². The van der Waals surface area contributed by atoms with E-state index < -0.39 is 25.3 Å². The Labute approximate surface area is 168 Å². The van der Waals surface area contributed by atoms with E-state index in [2.05, 4.69) is 33.9 Å². The Balaban J connectivity index is 5.65. The zero-order valence-electron chi connectivity index (χ0n) is 20.1. The highest BCUT2D eigenvalue weighted by molar-refractivity contribution is 6.74. The van der Waals surface area contributed by atoms with Gasteiger partial charge in [-0.2, -0.15) is 0 Å². The molecule has 0 aromatic rings. The third kappa shape index (κ3) is 8.47. The van der Waals surface area contributed by atoms with Gasteiger partial charge in [0.2, 0.25) is 0 Å². The van der Waals surface area contributed by atoms with Crippen LogP contribution in [0.15, 0.2) is 0 Å². The van der Waals surface area contributed by atoms with Gasteiger partial charge in [-0.3, -0.25) is 9.59 Å². The van der Waals surface area contributed by atoms with E-state index >= 15 is 0 Å². The molecule has 4 nitrogen and oxygen atoms in total. The molecule has 27 heavy (non-hydrogen) atoms. The van der Waals surface area contributed by atoms with Crippen LogP contribution in [0.2, 0.25) is 18.1 Å². The highest BCUT2D eigenvalue weighted by Gasteiger charge is 2.42. The van der Waals surface area contributed by atoms with Crippen LogP contribution >= 0.6 is 0 Å². The maximum atomic E-state index is 12.8. The van der Waals surface area contributed by atoms with Gasteiger partial charge in [-0.05, 0) is 45.8 Å². The minimum Gasteiger partial charge on any atom is -0.460 e. The Morgan fingerprint density at radius 1 is 0.889 bits per heavy atom. The highest BCUT2D eigenvalue weighted by atomic mass is 28.4. The fraction of sp³-hybridized carbons (Fsp3) is 0.909. The van der Waals surface area contributed by atoms with Crippen LogP contribution in [0.3, 0.4) is 0 Å². The molecule has 0 N–H and O–H groups in total. The number of ketones is 1. The summed E-state index contributed by atoms with van der Waals surface area (Å²) in [5, 5.41) is 0.0645. The minimum atomic E-state index is -2.02. The van der Waals surface area contributed by atoms with Crippen molar-refractivity contribution in [1.29, 1.82) is 0 Å². The smallest absolute Gasteiger partial charge is 0.309 e. The lowest BCUT2D eigenvalue weighted by molar-refractivity contribution is -0.163. The van der Waals surface area contributed by atoms with Crippen molar-refractivity contribution in [2.24, 2.45) is 17.3 Å². The van der Waals surface area contributed by atoms with Gasteiger partial charge in [0.1, 0.15) is 11.4 Å². The zero-order valence-corrected chi connectivity index (χ0v) is 21.1. The summed E-state index contributed by atoms with van der Waals surface area (Å²) < 4.78 is 12.2. The molecule has 0 aliphatic heterocycles. The number of ether oxygens (including phenoxy) is 1. The number of esters is 1. The fourth-order valence-corrected chi connectivity index (χ4v) is 4.03. The summed E-state index contributed by atoms with van der Waals surface area (Å²) in [7, 11) is -2.02. The molecule has 0 aliphatic rings. The van der Waals surface area contributed by atoms with Crippen molar-refractivity contribution in [3.63, 3.8) is 0 Å². The quantitative estimate of drug-likeness (QED) is 0.389.